The van der Waals surface area contributed by atoms with Gasteiger partial charge in [-0.1, -0.05) is 121 Å². The molecule has 0 amide bonds. The zero-order valence-corrected chi connectivity index (χ0v) is 26.4. The molecule has 0 atom stereocenters. The minimum atomic E-state index is 0.871. The van der Waals surface area contributed by atoms with Gasteiger partial charge in [0.15, 0.2) is 0 Å². The second-order valence-corrected chi connectivity index (χ2v) is 13.0. The van der Waals surface area contributed by atoms with Crippen LogP contribution in [0.5, 0.6) is 0 Å². The third-order valence-electron chi connectivity index (χ3n) is 10.3. The van der Waals surface area contributed by atoms with Crippen LogP contribution < -0.4 is 0 Å². The first-order valence-corrected chi connectivity index (χ1v) is 16.7. The molecular weight excluding hydrogens is 595 g/mol. The molecular formula is C46H27N3. The molecule has 0 unspecified atom stereocenters. The SMILES string of the molecule is c1ccc(-c2cc3c4ccccc4n4c5ccc(-c6cccc(-c7cnc8c9ccccc9c9ccccc9c8n7)c6)cc5c(c2)c34)cc1. The van der Waals surface area contributed by atoms with Gasteiger partial charge in [0.2, 0.25) is 0 Å². The highest BCUT2D eigenvalue weighted by molar-refractivity contribution is 6.25. The van der Waals surface area contributed by atoms with Gasteiger partial charge in [0.1, 0.15) is 0 Å². The van der Waals surface area contributed by atoms with E-state index in [1.54, 1.807) is 0 Å². The highest BCUT2D eigenvalue weighted by Gasteiger charge is 2.19. The molecule has 0 N–H and O–H groups in total. The molecule has 3 heteroatoms. The van der Waals surface area contributed by atoms with Crippen molar-refractivity contribution in [3.63, 3.8) is 0 Å². The predicted molar refractivity (Wildman–Crippen MR) is 206 cm³/mol. The van der Waals surface area contributed by atoms with Gasteiger partial charge in [0.25, 0.3) is 0 Å². The summed E-state index contributed by atoms with van der Waals surface area (Å²) in [6.45, 7) is 0. The Hall–Kier alpha value is -6.58. The number of para-hydroxylation sites is 1. The van der Waals surface area contributed by atoms with Crippen molar-refractivity contribution in [2.45, 2.75) is 0 Å². The molecule has 0 aliphatic carbocycles. The average molecular weight is 622 g/mol. The molecule has 8 aromatic carbocycles. The standard InChI is InChI=1S/C46H27N3/c1-2-11-28(12-3-1)32-25-39-35-17-8-9-20-42(35)49-43-22-21-30(24-38(43)40(26-32)46(39)49)29-13-10-14-31(23-29)41-27-47-44-36-18-6-4-15-33(36)34-16-5-7-19-37(34)45(44)48-41/h1-27H. The first kappa shape index (κ1) is 26.5. The Morgan fingerprint density at radius 1 is 0.347 bits per heavy atom. The minimum Gasteiger partial charge on any atom is -0.308 e. The Balaban J connectivity index is 1.10. The van der Waals surface area contributed by atoms with Crippen molar-refractivity contribution >= 4 is 70.7 Å². The van der Waals surface area contributed by atoms with Gasteiger partial charge in [-0.2, -0.15) is 0 Å². The van der Waals surface area contributed by atoms with Crippen molar-refractivity contribution in [3.8, 4) is 33.5 Å². The number of benzene rings is 8. The van der Waals surface area contributed by atoms with Gasteiger partial charge in [-0.15, -0.1) is 0 Å². The molecule has 11 aromatic rings. The van der Waals surface area contributed by atoms with E-state index in [0.717, 1.165) is 38.6 Å². The van der Waals surface area contributed by atoms with Gasteiger partial charge in [-0.25, -0.2) is 4.98 Å². The fraction of sp³-hybridized carbons (Fsp3) is 0. The first-order chi connectivity index (χ1) is 24.3. The van der Waals surface area contributed by atoms with Crippen molar-refractivity contribution in [2.75, 3.05) is 0 Å². The normalized spacial score (nSPS) is 12.1. The molecule has 0 saturated carbocycles. The van der Waals surface area contributed by atoms with Crippen LogP contribution in [0.15, 0.2) is 164 Å². The fourth-order valence-electron chi connectivity index (χ4n) is 8.10. The second-order valence-electron chi connectivity index (χ2n) is 13.0. The van der Waals surface area contributed by atoms with E-state index in [1.165, 1.54) is 65.6 Å². The molecule has 3 nitrogen and oxygen atoms in total. The van der Waals surface area contributed by atoms with Crippen LogP contribution in [0.1, 0.15) is 0 Å². The summed E-state index contributed by atoms with van der Waals surface area (Å²) in [5.74, 6) is 0. The highest BCUT2D eigenvalue weighted by atomic mass is 14.9. The van der Waals surface area contributed by atoms with Gasteiger partial charge in [-0.05, 0) is 69.4 Å². The maximum absolute atomic E-state index is 5.26. The van der Waals surface area contributed by atoms with Crippen LogP contribution in [-0.4, -0.2) is 14.4 Å². The van der Waals surface area contributed by atoms with Gasteiger partial charge in [0.05, 0.1) is 39.5 Å². The van der Waals surface area contributed by atoms with Gasteiger partial charge < -0.3 is 4.40 Å². The predicted octanol–water partition coefficient (Wildman–Crippen LogP) is 12.1. The quantitative estimate of drug-likeness (QED) is 0.184. The monoisotopic (exact) mass is 621 g/mol. The molecule has 0 radical (unpaired) electrons. The summed E-state index contributed by atoms with van der Waals surface area (Å²) < 4.78 is 2.45. The van der Waals surface area contributed by atoms with E-state index in [0.29, 0.717) is 0 Å². The number of hydrogen-bond donors (Lipinski definition) is 0. The summed E-state index contributed by atoms with van der Waals surface area (Å²) in [6.07, 6.45) is 1.93. The molecule has 226 valence electrons. The number of rotatable bonds is 3. The summed E-state index contributed by atoms with van der Waals surface area (Å²) in [5.41, 5.74) is 12.4. The molecule has 0 aliphatic rings. The van der Waals surface area contributed by atoms with Crippen LogP contribution in [0, 0.1) is 0 Å². The summed E-state index contributed by atoms with van der Waals surface area (Å²) in [6, 6.07) is 56.9. The topological polar surface area (TPSA) is 30.2 Å². The summed E-state index contributed by atoms with van der Waals surface area (Å²) in [4.78, 5) is 10.3. The summed E-state index contributed by atoms with van der Waals surface area (Å²) in [7, 11) is 0. The van der Waals surface area contributed by atoms with Crippen LogP contribution in [-0.2, 0) is 0 Å². The van der Waals surface area contributed by atoms with Gasteiger partial charge >= 0.3 is 0 Å². The average Bonchev–Trinajstić information content (AvgIpc) is 3.69. The van der Waals surface area contributed by atoms with Crippen LogP contribution in [0.25, 0.3) is 104 Å². The van der Waals surface area contributed by atoms with Gasteiger partial charge in [0, 0.05) is 37.9 Å². The second kappa shape index (κ2) is 9.96. The fourth-order valence-corrected chi connectivity index (χ4v) is 8.10. The van der Waals surface area contributed by atoms with Gasteiger partial charge in [-0.3, -0.25) is 4.98 Å². The van der Waals surface area contributed by atoms with E-state index in [-0.39, 0.29) is 0 Å². The minimum absolute atomic E-state index is 0.871. The van der Waals surface area contributed by atoms with E-state index in [9.17, 15) is 0 Å². The molecule has 49 heavy (non-hydrogen) atoms. The molecule has 0 fully saturated rings. The molecule has 0 aliphatic heterocycles. The smallest absolute Gasteiger partial charge is 0.0979 e. The van der Waals surface area contributed by atoms with Crippen molar-refractivity contribution in [1.29, 1.82) is 0 Å². The Bertz CT molecular complexity index is 3060. The number of fused-ring (bicyclic) bond motifs is 12. The van der Waals surface area contributed by atoms with Crippen LogP contribution in [0.3, 0.4) is 0 Å². The molecule has 3 aromatic heterocycles. The first-order valence-electron chi connectivity index (χ1n) is 16.7. The van der Waals surface area contributed by atoms with Crippen molar-refractivity contribution in [3.05, 3.63) is 164 Å². The van der Waals surface area contributed by atoms with Crippen molar-refractivity contribution in [2.24, 2.45) is 0 Å². The lowest BCUT2D eigenvalue weighted by Gasteiger charge is -2.11. The zero-order chi connectivity index (χ0) is 32.1. The summed E-state index contributed by atoms with van der Waals surface area (Å²) in [5, 5.41) is 9.78. The highest BCUT2D eigenvalue weighted by Crippen LogP contribution is 2.43. The molecule has 0 bridgehead atoms. The third kappa shape index (κ3) is 3.78. The Morgan fingerprint density at radius 3 is 1.71 bits per heavy atom. The Kier molecular flexibility index (Phi) is 5.38. The van der Waals surface area contributed by atoms with E-state index in [1.807, 2.05) is 6.20 Å². The van der Waals surface area contributed by atoms with E-state index >= 15 is 0 Å². The molecule has 3 heterocycles. The number of nitrogens with zero attached hydrogens (tertiary/aromatic N) is 3. The van der Waals surface area contributed by atoms with Crippen LogP contribution in [0.4, 0.5) is 0 Å². The van der Waals surface area contributed by atoms with E-state index in [4.69, 9.17) is 9.97 Å². The maximum atomic E-state index is 5.26. The van der Waals surface area contributed by atoms with E-state index < -0.39 is 0 Å². The van der Waals surface area contributed by atoms with Crippen molar-refractivity contribution in [1.82, 2.24) is 14.4 Å². The summed E-state index contributed by atoms with van der Waals surface area (Å²) >= 11 is 0. The van der Waals surface area contributed by atoms with Crippen LogP contribution >= 0.6 is 0 Å². The van der Waals surface area contributed by atoms with Crippen molar-refractivity contribution < 1.29 is 0 Å². The lowest BCUT2D eigenvalue weighted by Crippen LogP contribution is -1.92. The Morgan fingerprint density at radius 2 is 0.918 bits per heavy atom. The number of aromatic nitrogens is 3. The zero-order valence-electron chi connectivity index (χ0n) is 26.4. The lowest BCUT2D eigenvalue weighted by atomic mass is 9.97. The third-order valence-corrected chi connectivity index (χ3v) is 10.3. The lowest BCUT2D eigenvalue weighted by molar-refractivity contribution is 1.31. The molecule has 0 saturated heterocycles. The molecule has 11 rings (SSSR count). The molecule has 0 spiro atoms. The largest absolute Gasteiger partial charge is 0.308 e. The van der Waals surface area contributed by atoms with E-state index in [2.05, 4.69) is 162 Å². The number of hydrogen-bond acceptors (Lipinski definition) is 2. The Labute approximate surface area is 281 Å². The maximum Gasteiger partial charge on any atom is 0.0979 e. The van der Waals surface area contributed by atoms with Crippen LogP contribution in [0.2, 0.25) is 0 Å².